The van der Waals surface area contributed by atoms with Crippen LogP contribution in [-0.4, -0.2) is 41.0 Å². The maximum Gasteiger partial charge on any atom is 0.125 e. The van der Waals surface area contributed by atoms with Crippen molar-refractivity contribution < 1.29 is 0 Å². The van der Waals surface area contributed by atoms with E-state index in [9.17, 15) is 0 Å². The molecule has 146 valence electrons. The zero-order chi connectivity index (χ0) is 19.5. The van der Waals surface area contributed by atoms with Crippen molar-refractivity contribution in [2.75, 3.05) is 26.2 Å². The standard InChI is InChI=1S/C21H20Cl3N3S/c22-18-4-2-1-3-17(18)21-25-16(14-28-21)13-27-9-7-26(8-10-27)12-15-5-6-19(23)20(24)11-15/h1-6,11,14H,7-10,12-13H2. The monoisotopic (exact) mass is 451 g/mol. The Morgan fingerprint density at radius 2 is 1.54 bits per heavy atom. The minimum atomic E-state index is 0.606. The van der Waals surface area contributed by atoms with Crippen molar-refractivity contribution in [3.05, 3.63) is 74.2 Å². The Hall–Kier alpha value is -1.14. The lowest BCUT2D eigenvalue weighted by atomic mass is 10.2. The average Bonchev–Trinajstić information content (AvgIpc) is 3.15. The van der Waals surface area contributed by atoms with Crippen LogP contribution in [0.1, 0.15) is 11.3 Å². The molecule has 0 aliphatic carbocycles. The van der Waals surface area contributed by atoms with Gasteiger partial charge in [-0.25, -0.2) is 4.98 Å². The Morgan fingerprint density at radius 1 is 0.821 bits per heavy atom. The molecule has 1 fully saturated rings. The molecular formula is C21H20Cl3N3S. The van der Waals surface area contributed by atoms with E-state index in [0.717, 1.165) is 60.6 Å². The number of nitrogens with zero attached hydrogens (tertiary/aromatic N) is 3. The Balaban J connectivity index is 1.31. The summed E-state index contributed by atoms with van der Waals surface area (Å²) in [7, 11) is 0. The van der Waals surface area contributed by atoms with Gasteiger partial charge in [-0.1, -0.05) is 59.1 Å². The molecule has 1 aromatic heterocycles. The fourth-order valence-corrected chi connectivity index (χ4v) is 4.82. The van der Waals surface area contributed by atoms with Crippen molar-refractivity contribution in [2.24, 2.45) is 0 Å². The molecule has 3 nitrogen and oxygen atoms in total. The summed E-state index contributed by atoms with van der Waals surface area (Å²) in [4.78, 5) is 9.70. The van der Waals surface area contributed by atoms with Crippen molar-refractivity contribution in [1.29, 1.82) is 0 Å². The van der Waals surface area contributed by atoms with Gasteiger partial charge in [0.25, 0.3) is 0 Å². The molecule has 1 saturated heterocycles. The van der Waals surface area contributed by atoms with Crippen molar-refractivity contribution in [3.8, 4) is 10.6 Å². The zero-order valence-electron chi connectivity index (χ0n) is 15.2. The molecular weight excluding hydrogens is 433 g/mol. The highest BCUT2D eigenvalue weighted by Gasteiger charge is 2.18. The van der Waals surface area contributed by atoms with E-state index in [-0.39, 0.29) is 0 Å². The van der Waals surface area contributed by atoms with Crippen LogP contribution in [0.15, 0.2) is 47.8 Å². The van der Waals surface area contributed by atoms with Crippen LogP contribution in [0.25, 0.3) is 10.6 Å². The molecule has 0 saturated carbocycles. The minimum absolute atomic E-state index is 0.606. The molecule has 0 bridgehead atoms. The van der Waals surface area contributed by atoms with Crippen molar-refractivity contribution in [2.45, 2.75) is 13.1 Å². The quantitative estimate of drug-likeness (QED) is 0.467. The van der Waals surface area contributed by atoms with Gasteiger partial charge in [-0.3, -0.25) is 9.80 Å². The van der Waals surface area contributed by atoms with Crippen LogP contribution in [0.2, 0.25) is 15.1 Å². The number of hydrogen-bond acceptors (Lipinski definition) is 4. The fourth-order valence-electron chi connectivity index (χ4n) is 3.37. The van der Waals surface area contributed by atoms with E-state index in [1.807, 2.05) is 42.5 Å². The zero-order valence-corrected chi connectivity index (χ0v) is 18.3. The maximum absolute atomic E-state index is 6.30. The van der Waals surface area contributed by atoms with Crippen LogP contribution in [0.4, 0.5) is 0 Å². The van der Waals surface area contributed by atoms with Gasteiger partial charge < -0.3 is 0 Å². The third-order valence-electron chi connectivity index (χ3n) is 4.90. The second-order valence-corrected chi connectivity index (χ2v) is 9.00. The first-order valence-electron chi connectivity index (χ1n) is 9.16. The van der Waals surface area contributed by atoms with Gasteiger partial charge in [0.15, 0.2) is 0 Å². The van der Waals surface area contributed by atoms with Gasteiger partial charge in [-0.05, 0) is 23.8 Å². The van der Waals surface area contributed by atoms with E-state index < -0.39 is 0 Å². The van der Waals surface area contributed by atoms with Crippen LogP contribution in [0.5, 0.6) is 0 Å². The number of piperazine rings is 1. The van der Waals surface area contributed by atoms with E-state index in [0.29, 0.717) is 10.0 Å². The molecule has 0 radical (unpaired) electrons. The van der Waals surface area contributed by atoms with Crippen LogP contribution in [0, 0.1) is 0 Å². The second-order valence-electron chi connectivity index (χ2n) is 6.92. The Bertz CT molecular complexity index is 952. The molecule has 7 heteroatoms. The third-order valence-corrected chi connectivity index (χ3v) is 6.89. The van der Waals surface area contributed by atoms with Gasteiger partial charge in [0.1, 0.15) is 5.01 Å². The first kappa shape index (κ1) is 20.1. The molecule has 0 amide bonds. The molecule has 3 aromatic rings. The molecule has 0 spiro atoms. The fraction of sp³-hybridized carbons (Fsp3) is 0.286. The molecule has 0 atom stereocenters. The topological polar surface area (TPSA) is 19.4 Å². The van der Waals surface area contributed by atoms with Crippen molar-refractivity contribution in [1.82, 2.24) is 14.8 Å². The third kappa shape index (κ3) is 4.88. The molecule has 0 N–H and O–H groups in total. The number of rotatable bonds is 5. The van der Waals surface area contributed by atoms with Gasteiger partial charge in [0.2, 0.25) is 0 Å². The molecule has 1 aliphatic heterocycles. The predicted octanol–water partition coefficient (Wildman–Crippen LogP) is 6.09. The normalized spacial score (nSPS) is 15.8. The highest BCUT2D eigenvalue weighted by Crippen LogP contribution is 2.30. The summed E-state index contributed by atoms with van der Waals surface area (Å²) in [6, 6.07) is 13.7. The second kappa shape index (κ2) is 9.12. The summed E-state index contributed by atoms with van der Waals surface area (Å²) in [6.45, 7) is 5.89. The lowest BCUT2D eigenvalue weighted by molar-refractivity contribution is 0.121. The molecule has 28 heavy (non-hydrogen) atoms. The van der Waals surface area contributed by atoms with Crippen LogP contribution < -0.4 is 0 Å². The number of aromatic nitrogens is 1. The molecule has 0 unspecified atom stereocenters. The van der Waals surface area contributed by atoms with E-state index in [2.05, 4.69) is 15.2 Å². The van der Waals surface area contributed by atoms with Crippen LogP contribution in [0.3, 0.4) is 0 Å². The summed E-state index contributed by atoms with van der Waals surface area (Å²) in [6.07, 6.45) is 0. The van der Waals surface area contributed by atoms with Crippen molar-refractivity contribution in [3.63, 3.8) is 0 Å². The van der Waals surface area contributed by atoms with Gasteiger partial charge in [0.05, 0.1) is 20.8 Å². The van der Waals surface area contributed by atoms with E-state index in [1.165, 1.54) is 5.56 Å². The van der Waals surface area contributed by atoms with E-state index in [4.69, 9.17) is 39.8 Å². The number of hydrogen-bond donors (Lipinski definition) is 0. The summed E-state index contributed by atoms with van der Waals surface area (Å²) < 4.78 is 0. The van der Waals surface area contributed by atoms with E-state index >= 15 is 0 Å². The van der Waals surface area contributed by atoms with Gasteiger partial charge in [-0.15, -0.1) is 11.3 Å². The summed E-state index contributed by atoms with van der Waals surface area (Å²) in [5, 5.41) is 5.10. The highest BCUT2D eigenvalue weighted by atomic mass is 35.5. The van der Waals surface area contributed by atoms with Gasteiger partial charge >= 0.3 is 0 Å². The highest BCUT2D eigenvalue weighted by molar-refractivity contribution is 7.13. The average molecular weight is 453 g/mol. The summed E-state index contributed by atoms with van der Waals surface area (Å²) >= 11 is 20.1. The Morgan fingerprint density at radius 3 is 2.25 bits per heavy atom. The first-order chi connectivity index (χ1) is 13.6. The van der Waals surface area contributed by atoms with Crippen LogP contribution >= 0.6 is 46.1 Å². The van der Waals surface area contributed by atoms with Gasteiger partial charge in [0, 0.05) is 50.2 Å². The van der Waals surface area contributed by atoms with E-state index in [1.54, 1.807) is 11.3 Å². The maximum atomic E-state index is 6.30. The molecule has 1 aliphatic rings. The Kier molecular flexibility index (Phi) is 6.56. The van der Waals surface area contributed by atoms with Crippen molar-refractivity contribution >= 4 is 46.1 Å². The lowest BCUT2D eigenvalue weighted by Gasteiger charge is -2.34. The largest absolute Gasteiger partial charge is 0.297 e. The molecule has 2 heterocycles. The Labute approximate surface area is 184 Å². The molecule has 4 rings (SSSR count). The number of halogens is 3. The first-order valence-corrected chi connectivity index (χ1v) is 11.2. The number of thiazole rings is 1. The van der Waals surface area contributed by atoms with Crippen LogP contribution in [-0.2, 0) is 13.1 Å². The lowest BCUT2D eigenvalue weighted by Crippen LogP contribution is -2.45. The SMILES string of the molecule is Clc1ccc(CN2CCN(Cc3csc(-c4ccccc4Cl)n3)CC2)cc1Cl. The number of benzene rings is 2. The smallest absolute Gasteiger partial charge is 0.125 e. The minimum Gasteiger partial charge on any atom is -0.297 e. The summed E-state index contributed by atoms with van der Waals surface area (Å²) in [5.41, 5.74) is 3.32. The predicted molar refractivity (Wildman–Crippen MR) is 120 cm³/mol. The molecule has 2 aromatic carbocycles. The summed E-state index contributed by atoms with van der Waals surface area (Å²) in [5.74, 6) is 0. The van der Waals surface area contributed by atoms with Gasteiger partial charge in [-0.2, -0.15) is 0 Å².